The van der Waals surface area contributed by atoms with E-state index in [-0.39, 0.29) is 24.4 Å². The van der Waals surface area contributed by atoms with E-state index in [2.05, 4.69) is 16.6 Å². The molecule has 1 amide bonds. The number of hydrogen-bond acceptors (Lipinski definition) is 5. The van der Waals surface area contributed by atoms with E-state index in [0.29, 0.717) is 11.4 Å². The topological polar surface area (TPSA) is 66.8 Å². The Morgan fingerprint density at radius 2 is 2.20 bits per heavy atom. The molecule has 0 aliphatic rings. The molecule has 0 saturated heterocycles. The van der Waals surface area contributed by atoms with Crippen LogP contribution in [-0.2, 0) is 9.53 Å². The summed E-state index contributed by atoms with van der Waals surface area (Å²) in [5.74, 6) is 4.40. The Balaban J connectivity index is 2.69. The second-order valence-corrected chi connectivity index (χ2v) is 5.32. The number of rotatable bonds is 4. The monoisotopic (exact) mass is 295 g/mol. The molecule has 0 aliphatic heterocycles. The molecule has 0 aliphatic carbocycles. The van der Waals surface area contributed by atoms with Crippen molar-refractivity contribution in [1.82, 2.24) is 4.90 Å². The van der Waals surface area contributed by atoms with Gasteiger partial charge >= 0.3 is 5.97 Å². The first-order chi connectivity index (χ1) is 9.49. The fourth-order valence-corrected chi connectivity index (χ4v) is 2.48. The largest absolute Gasteiger partial charge is 0.469 e. The Labute approximate surface area is 122 Å². The first-order valence-corrected chi connectivity index (χ1v) is 6.84. The van der Waals surface area contributed by atoms with Gasteiger partial charge in [0.25, 0.3) is 5.91 Å². The minimum Gasteiger partial charge on any atom is -0.469 e. The molecule has 1 heterocycles. The maximum Gasteiger partial charge on any atom is 0.310 e. The van der Waals surface area contributed by atoms with Gasteiger partial charge in [-0.25, -0.2) is 0 Å². The molecule has 1 rings (SSSR count). The van der Waals surface area contributed by atoms with Crippen LogP contribution in [0.3, 0.4) is 0 Å². The van der Waals surface area contributed by atoms with Gasteiger partial charge in [0.2, 0.25) is 0 Å². The summed E-state index contributed by atoms with van der Waals surface area (Å²) in [6.07, 6.45) is 0. The van der Waals surface area contributed by atoms with E-state index in [0.717, 1.165) is 4.88 Å². The van der Waals surface area contributed by atoms with Crippen molar-refractivity contribution < 1.29 is 19.4 Å². The molecule has 1 aromatic rings. The SMILES string of the molecule is COC(=O)C(C)CN(C)C(=O)c1ccc(C#CCO)s1. The predicted octanol–water partition coefficient (Wildman–Crippen LogP) is 0.973. The summed E-state index contributed by atoms with van der Waals surface area (Å²) in [7, 11) is 2.96. The Bertz CT molecular complexity index is 541. The number of thiophene rings is 1. The molecule has 6 heteroatoms. The molecular formula is C14H17NO4S. The fraction of sp³-hybridized carbons (Fsp3) is 0.429. The van der Waals surface area contributed by atoms with E-state index < -0.39 is 0 Å². The van der Waals surface area contributed by atoms with Gasteiger partial charge in [0.05, 0.1) is 22.8 Å². The molecule has 1 aromatic heterocycles. The Hall–Kier alpha value is -1.84. The van der Waals surface area contributed by atoms with Crippen molar-refractivity contribution in [3.8, 4) is 11.8 Å². The summed E-state index contributed by atoms with van der Waals surface area (Å²) >= 11 is 1.26. The third-order valence-corrected chi connectivity index (χ3v) is 3.59. The van der Waals surface area contributed by atoms with Crippen LogP contribution in [0.5, 0.6) is 0 Å². The highest BCUT2D eigenvalue weighted by molar-refractivity contribution is 7.14. The third kappa shape index (κ3) is 4.37. The number of amides is 1. The van der Waals surface area contributed by atoms with Gasteiger partial charge in [-0.1, -0.05) is 18.8 Å². The van der Waals surface area contributed by atoms with Gasteiger partial charge in [-0.05, 0) is 12.1 Å². The first-order valence-electron chi connectivity index (χ1n) is 6.02. The van der Waals surface area contributed by atoms with Crippen LogP contribution in [0.1, 0.15) is 21.5 Å². The lowest BCUT2D eigenvalue weighted by Crippen LogP contribution is -2.33. The van der Waals surface area contributed by atoms with E-state index in [1.54, 1.807) is 26.1 Å². The van der Waals surface area contributed by atoms with Crippen molar-refractivity contribution in [3.63, 3.8) is 0 Å². The van der Waals surface area contributed by atoms with E-state index in [1.165, 1.54) is 23.3 Å². The van der Waals surface area contributed by atoms with Crippen LogP contribution >= 0.6 is 11.3 Å². The van der Waals surface area contributed by atoms with Crippen LogP contribution in [0.25, 0.3) is 0 Å². The predicted molar refractivity (Wildman–Crippen MR) is 76.4 cm³/mol. The summed E-state index contributed by atoms with van der Waals surface area (Å²) in [5, 5.41) is 8.62. The summed E-state index contributed by atoms with van der Waals surface area (Å²) < 4.78 is 4.63. The van der Waals surface area contributed by atoms with Crippen LogP contribution < -0.4 is 0 Å². The molecule has 20 heavy (non-hydrogen) atoms. The third-order valence-electron chi connectivity index (χ3n) is 2.61. The molecule has 0 saturated carbocycles. The Morgan fingerprint density at radius 3 is 2.80 bits per heavy atom. The van der Waals surface area contributed by atoms with Crippen LogP contribution in [0.2, 0.25) is 0 Å². The van der Waals surface area contributed by atoms with Crippen LogP contribution in [0.15, 0.2) is 12.1 Å². The number of hydrogen-bond donors (Lipinski definition) is 1. The minimum absolute atomic E-state index is 0.164. The van der Waals surface area contributed by atoms with Gasteiger partial charge in [-0.2, -0.15) is 0 Å². The zero-order valence-electron chi connectivity index (χ0n) is 11.7. The number of aliphatic hydroxyl groups is 1. The van der Waals surface area contributed by atoms with Crippen LogP contribution in [-0.4, -0.2) is 49.2 Å². The van der Waals surface area contributed by atoms with E-state index in [1.807, 2.05) is 0 Å². The number of esters is 1. The summed E-state index contributed by atoms with van der Waals surface area (Å²) in [5.41, 5.74) is 0. The standard InChI is InChI=1S/C14H17NO4S/c1-10(14(18)19-3)9-15(2)13(17)12-7-6-11(20-12)5-4-8-16/h6-7,10,16H,8-9H2,1-3H3. The number of carbonyl (C=O) groups excluding carboxylic acids is 2. The number of nitrogens with zero attached hydrogens (tertiary/aromatic N) is 1. The number of aliphatic hydroxyl groups excluding tert-OH is 1. The number of ether oxygens (including phenoxy) is 1. The van der Waals surface area contributed by atoms with Gasteiger partial charge in [-0.3, -0.25) is 9.59 Å². The zero-order chi connectivity index (χ0) is 15.1. The van der Waals surface area contributed by atoms with E-state index in [4.69, 9.17) is 5.11 Å². The van der Waals surface area contributed by atoms with Crippen molar-refractivity contribution >= 4 is 23.2 Å². The Morgan fingerprint density at radius 1 is 1.50 bits per heavy atom. The van der Waals surface area contributed by atoms with Crippen molar-refractivity contribution in [2.24, 2.45) is 5.92 Å². The molecule has 1 atom stereocenters. The average molecular weight is 295 g/mol. The average Bonchev–Trinajstić information content (AvgIpc) is 2.91. The highest BCUT2D eigenvalue weighted by Crippen LogP contribution is 2.17. The fourth-order valence-electron chi connectivity index (χ4n) is 1.60. The first kappa shape index (κ1) is 16.2. The molecular weight excluding hydrogens is 278 g/mol. The molecule has 0 radical (unpaired) electrons. The van der Waals surface area contributed by atoms with Crippen LogP contribution in [0.4, 0.5) is 0 Å². The van der Waals surface area contributed by atoms with Gasteiger partial charge < -0.3 is 14.7 Å². The molecule has 0 spiro atoms. The second-order valence-electron chi connectivity index (χ2n) is 4.23. The quantitative estimate of drug-likeness (QED) is 0.664. The lowest BCUT2D eigenvalue weighted by molar-refractivity contribution is -0.145. The molecule has 5 nitrogen and oxygen atoms in total. The lowest BCUT2D eigenvalue weighted by atomic mass is 10.2. The summed E-state index contributed by atoms with van der Waals surface area (Å²) in [6.45, 7) is 1.79. The van der Waals surface area contributed by atoms with Gasteiger partial charge in [0.1, 0.15) is 6.61 Å². The minimum atomic E-state index is -0.373. The highest BCUT2D eigenvalue weighted by Gasteiger charge is 2.20. The van der Waals surface area contributed by atoms with Gasteiger partial charge in [0, 0.05) is 13.6 Å². The van der Waals surface area contributed by atoms with Crippen molar-refractivity contribution in [2.45, 2.75) is 6.92 Å². The Kier molecular flexibility index (Phi) is 6.22. The molecule has 1 N–H and O–H groups in total. The highest BCUT2D eigenvalue weighted by atomic mass is 32.1. The number of carbonyl (C=O) groups is 2. The van der Waals surface area contributed by atoms with Gasteiger partial charge in [-0.15, -0.1) is 11.3 Å². The van der Waals surface area contributed by atoms with Gasteiger partial charge in [0.15, 0.2) is 0 Å². The molecule has 108 valence electrons. The maximum atomic E-state index is 12.2. The van der Waals surface area contributed by atoms with Crippen molar-refractivity contribution in [2.75, 3.05) is 27.3 Å². The summed E-state index contributed by atoms with van der Waals surface area (Å²) in [4.78, 5) is 26.2. The van der Waals surface area contributed by atoms with Crippen molar-refractivity contribution in [3.05, 3.63) is 21.9 Å². The van der Waals surface area contributed by atoms with E-state index in [9.17, 15) is 9.59 Å². The van der Waals surface area contributed by atoms with Crippen LogP contribution in [0, 0.1) is 17.8 Å². The second kappa shape index (κ2) is 7.68. The van der Waals surface area contributed by atoms with Crippen molar-refractivity contribution in [1.29, 1.82) is 0 Å². The zero-order valence-corrected chi connectivity index (χ0v) is 12.5. The van der Waals surface area contributed by atoms with E-state index >= 15 is 0 Å². The molecule has 0 aromatic carbocycles. The normalized spacial score (nSPS) is 11.2. The smallest absolute Gasteiger partial charge is 0.310 e. The lowest BCUT2D eigenvalue weighted by Gasteiger charge is -2.19. The summed E-state index contributed by atoms with van der Waals surface area (Å²) in [6, 6.07) is 3.42. The number of methoxy groups -OCH3 is 1. The molecule has 0 fully saturated rings. The molecule has 0 bridgehead atoms. The maximum absolute atomic E-state index is 12.2. The molecule has 1 unspecified atom stereocenters.